The first-order valence-corrected chi connectivity index (χ1v) is 7.44. The predicted octanol–water partition coefficient (Wildman–Crippen LogP) is 3.27. The van der Waals surface area contributed by atoms with Crippen LogP contribution in [0, 0.1) is 0 Å². The second-order valence-corrected chi connectivity index (χ2v) is 9.29. The van der Waals surface area contributed by atoms with Crippen LogP contribution in [0.5, 0.6) is 0 Å². The standard InChI is InChI=1S/C12H22O2Si/c1-7-8-12(9-13)15(14-6,10(2)3)11(4)5/h7,10-11H,1,8H2,2-6H3. The van der Waals surface area contributed by atoms with Gasteiger partial charge in [-0.2, -0.15) is 0 Å². The highest BCUT2D eigenvalue weighted by Crippen LogP contribution is 2.38. The van der Waals surface area contributed by atoms with Gasteiger partial charge in [0, 0.05) is 12.3 Å². The predicted molar refractivity (Wildman–Crippen MR) is 67.0 cm³/mol. The van der Waals surface area contributed by atoms with Gasteiger partial charge in [0.05, 0.1) is 0 Å². The van der Waals surface area contributed by atoms with E-state index in [2.05, 4.69) is 40.2 Å². The first-order valence-electron chi connectivity index (χ1n) is 5.37. The summed E-state index contributed by atoms with van der Waals surface area (Å²) in [6.07, 6.45) is 2.35. The Morgan fingerprint density at radius 3 is 2.07 bits per heavy atom. The van der Waals surface area contributed by atoms with Crippen molar-refractivity contribution in [3.63, 3.8) is 0 Å². The van der Waals surface area contributed by atoms with E-state index in [1.54, 1.807) is 13.2 Å². The maximum absolute atomic E-state index is 11.1. The quantitative estimate of drug-likeness (QED) is 0.395. The first-order chi connectivity index (χ1) is 6.97. The monoisotopic (exact) mass is 226 g/mol. The highest BCUT2D eigenvalue weighted by atomic mass is 28.4. The van der Waals surface area contributed by atoms with E-state index in [-0.39, 0.29) is 0 Å². The molecule has 0 amide bonds. The summed E-state index contributed by atoms with van der Waals surface area (Å²) in [5.74, 6) is 2.09. The summed E-state index contributed by atoms with van der Waals surface area (Å²) in [7, 11) is -0.438. The zero-order valence-electron chi connectivity index (χ0n) is 10.5. The van der Waals surface area contributed by atoms with E-state index < -0.39 is 8.32 Å². The minimum Gasteiger partial charge on any atom is -0.415 e. The molecule has 0 aliphatic carbocycles. The molecule has 3 heteroatoms. The molecule has 86 valence electrons. The SMILES string of the molecule is C=CCC(=C=O)[Si](OC)(C(C)C)C(C)C. The minimum atomic E-state index is -2.15. The van der Waals surface area contributed by atoms with E-state index in [1.165, 1.54) is 0 Å². The third-order valence-corrected chi connectivity index (χ3v) is 8.35. The van der Waals surface area contributed by atoms with Crippen LogP contribution in [-0.2, 0) is 9.22 Å². The van der Waals surface area contributed by atoms with Gasteiger partial charge in [-0.05, 0) is 17.5 Å². The van der Waals surface area contributed by atoms with E-state index in [4.69, 9.17) is 4.43 Å². The Morgan fingerprint density at radius 1 is 1.40 bits per heavy atom. The van der Waals surface area contributed by atoms with Crippen LogP contribution in [0.25, 0.3) is 0 Å². The van der Waals surface area contributed by atoms with Gasteiger partial charge in [0.1, 0.15) is 5.94 Å². The molecule has 0 saturated carbocycles. The van der Waals surface area contributed by atoms with Gasteiger partial charge in [-0.25, -0.2) is 4.79 Å². The lowest BCUT2D eigenvalue weighted by molar-refractivity contribution is 0.379. The fourth-order valence-electron chi connectivity index (χ4n) is 2.38. The summed E-state index contributed by atoms with van der Waals surface area (Å²) in [4.78, 5) is 11.1. The molecule has 0 fully saturated rings. The molecule has 0 heterocycles. The van der Waals surface area contributed by atoms with E-state index in [0.29, 0.717) is 17.5 Å². The molecule has 0 aliphatic rings. The van der Waals surface area contributed by atoms with Crippen LogP contribution >= 0.6 is 0 Å². The highest BCUT2D eigenvalue weighted by molar-refractivity contribution is 6.84. The molecule has 0 bridgehead atoms. The van der Waals surface area contributed by atoms with Crippen LogP contribution in [0.2, 0.25) is 11.1 Å². The van der Waals surface area contributed by atoms with E-state index in [0.717, 1.165) is 5.20 Å². The zero-order valence-corrected chi connectivity index (χ0v) is 11.5. The number of hydrogen-bond acceptors (Lipinski definition) is 2. The zero-order chi connectivity index (χ0) is 12.1. The molecule has 0 aromatic carbocycles. The van der Waals surface area contributed by atoms with Crippen LogP contribution in [0.1, 0.15) is 34.1 Å². The molecule has 0 radical (unpaired) electrons. The molecule has 0 atom stereocenters. The molecule has 15 heavy (non-hydrogen) atoms. The van der Waals surface area contributed by atoms with Gasteiger partial charge in [-0.15, -0.1) is 6.58 Å². The summed E-state index contributed by atoms with van der Waals surface area (Å²) in [6, 6.07) is 0. The normalized spacial score (nSPS) is 11.7. The molecule has 0 unspecified atom stereocenters. The van der Waals surface area contributed by atoms with Crippen molar-refractivity contribution in [1.29, 1.82) is 0 Å². The summed E-state index contributed by atoms with van der Waals surface area (Å²) in [5, 5.41) is 0.796. The van der Waals surface area contributed by atoms with Crippen molar-refractivity contribution in [2.45, 2.75) is 45.2 Å². The molecule has 0 N–H and O–H groups in total. The molecular formula is C12H22O2Si. The molecule has 0 aromatic rings. The first kappa shape index (κ1) is 14.4. The van der Waals surface area contributed by atoms with Gasteiger partial charge in [0.15, 0.2) is 0 Å². The lowest BCUT2D eigenvalue weighted by atomic mass is 10.4. The Labute approximate surface area is 94.2 Å². The topological polar surface area (TPSA) is 26.3 Å². The van der Waals surface area contributed by atoms with E-state index in [1.807, 2.05) is 0 Å². The van der Waals surface area contributed by atoms with Crippen molar-refractivity contribution in [3.8, 4) is 0 Å². The average molecular weight is 226 g/mol. The van der Waals surface area contributed by atoms with Crippen molar-refractivity contribution in [2.75, 3.05) is 7.11 Å². The number of allylic oxidation sites excluding steroid dienone is 2. The summed E-state index contributed by atoms with van der Waals surface area (Å²) in [6.45, 7) is 12.2. The number of rotatable bonds is 6. The summed E-state index contributed by atoms with van der Waals surface area (Å²) < 4.78 is 5.76. The van der Waals surface area contributed by atoms with Gasteiger partial charge >= 0.3 is 0 Å². The van der Waals surface area contributed by atoms with E-state index in [9.17, 15) is 4.79 Å². The smallest absolute Gasteiger partial charge is 0.236 e. The minimum absolute atomic E-state index is 0.374. The molecular weight excluding hydrogens is 204 g/mol. The fourth-order valence-corrected chi connectivity index (χ4v) is 6.92. The van der Waals surface area contributed by atoms with Crippen molar-refractivity contribution in [1.82, 2.24) is 0 Å². The maximum atomic E-state index is 11.1. The molecule has 0 aromatic heterocycles. The summed E-state index contributed by atoms with van der Waals surface area (Å²) in [5.41, 5.74) is 0.748. The average Bonchev–Trinajstić information content (AvgIpc) is 2.17. The molecule has 0 rings (SSSR count). The fraction of sp³-hybridized carbons (Fsp3) is 0.667. The van der Waals surface area contributed by atoms with Gasteiger partial charge in [0.2, 0.25) is 8.32 Å². The van der Waals surface area contributed by atoms with Crippen molar-refractivity contribution < 1.29 is 9.22 Å². The van der Waals surface area contributed by atoms with Crippen molar-refractivity contribution in [2.24, 2.45) is 0 Å². The number of carbonyl (C=O) groups excluding carboxylic acids is 1. The summed E-state index contributed by atoms with van der Waals surface area (Å²) >= 11 is 0. The Hall–Kier alpha value is -0.633. The third-order valence-electron chi connectivity index (χ3n) is 3.00. The lowest BCUT2D eigenvalue weighted by Crippen LogP contribution is -2.46. The van der Waals surface area contributed by atoms with Crippen molar-refractivity contribution in [3.05, 3.63) is 17.9 Å². The molecule has 0 spiro atoms. The molecule has 2 nitrogen and oxygen atoms in total. The van der Waals surface area contributed by atoms with Crippen LogP contribution in [-0.4, -0.2) is 21.4 Å². The highest BCUT2D eigenvalue weighted by Gasteiger charge is 2.45. The van der Waals surface area contributed by atoms with Crippen molar-refractivity contribution >= 4 is 14.3 Å². The second-order valence-electron chi connectivity index (χ2n) is 4.38. The lowest BCUT2D eigenvalue weighted by Gasteiger charge is -2.37. The second kappa shape index (κ2) is 6.06. The van der Waals surface area contributed by atoms with Gasteiger partial charge < -0.3 is 4.43 Å². The molecule has 0 aliphatic heterocycles. The molecule has 0 saturated heterocycles. The van der Waals surface area contributed by atoms with Crippen LogP contribution < -0.4 is 0 Å². The maximum Gasteiger partial charge on any atom is 0.236 e. The Kier molecular flexibility index (Phi) is 5.80. The Morgan fingerprint density at radius 2 is 1.87 bits per heavy atom. The largest absolute Gasteiger partial charge is 0.415 e. The number of hydrogen-bond donors (Lipinski definition) is 0. The van der Waals surface area contributed by atoms with Crippen LogP contribution in [0.4, 0.5) is 0 Å². The van der Waals surface area contributed by atoms with E-state index >= 15 is 0 Å². The van der Waals surface area contributed by atoms with Crippen LogP contribution in [0.3, 0.4) is 0 Å². The van der Waals surface area contributed by atoms with Gasteiger partial charge in [-0.3, -0.25) is 0 Å². The third kappa shape index (κ3) is 2.68. The Balaban J connectivity index is 5.41. The van der Waals surface area contributed by atoms with Crippen LogP contribution in [0.15, 0.2) is 17.9 Å². The van der Waals surface area contributed by atoms with Gasteiger partial charge in [0.25, 0.3) is 0 Å². The Bertz CT molecular complexity index is 255. The van der Waals surface area contributed by atoms with Gasteiger partial charge in [-0.1, -0.05) is 33.8 Å².